The fourth-order valence-corrected chi connectivity index (χ4v) is 2.76. The third-order valence-electron chi connectivity index (χ3n) is 4.13. The number of likely N-dealkylation sites (N-methyl/N-ethyl adjacent to an activating group) is 1. The number of rotatable bonds is 6. The van der Waals surface area contributed by atoms with E-state index in [2.05, 4.69) is 20.0 Å². The molecule has 0 amide bonds. The molecule has 0 fully saturated rings. The number of hydrogen-bond donors (Lipinski definition) is 0. The molecule has 26 heavy (non-hydrogen) atoms. The number of para-hydroxylation sites is 1. The Kier molecular flexibility index (Phi) is 4.47. The normalized spacial score (nSPS) is 10.8. The van der Waals surface area contributed by atoms with Gasteiger partial charge in [0.2, 0.25) is 0 Å². The number of aromatic nitrogens is 4. The molecule has 0 aliphatic carbocycles. The van der Waals surface area contributed by atoms with Crippen LogP contribution in [-0.2, 0) is 0 Å². The lowest BCUT2D eigenvalue weighted by molar-refractivity contribution is 0.325. The molecule has 0 saturated carbocycles. The molecule has 2 heterocycles. The van der Waals surface area contributed by atoms with Crippen molar-refractivity contribution < 1.29 is 4.74 Å². The van der Waals surface area contributed by atoms with Gasteiger partial charge in [0.1, 0.15) is 24.5 Å². The highest BCUT2D eigenvalue weighted by molar-refractivity contribution is 5.65. The maximum Gasteiger partial charge on any atom is 0.254 e. The molecule has 6 nitrogen and oxygen atoms in total. The van der Waals surface area contributed by atoms with E-state index in [1.54, 1.807) is 4.52 Å². The molecule has 0 bridgehead atoms. The number of anilines is 1. The molecule has 0 saturated heterocycles. The minimum absolute atomic E-state index is 0.569. The van der Waals surface area contributed by atoms with Crippen molar-refractivity contribution in [2.75, 3.05) is 25.1 Å². The van der Waals surface area contributed by atoms with Crippen LogP contribution in [0.5, 0.6) is 5.75 Å². The summed E-state index contributed by atoms with van der Waals surface area (Å²) in [6.07, 6.45) is 1.52. The first-order chi connectivity index (χ1) is 12.8. The van der Waals surface area contributed by atoms with Gasteiger partial charge >= 0.3 is 0 Å². The smallest absolute Gasteiger partial charge is 0.254 e. The molecule has 0 aliphatic rings. The zero-order chi connectivity index (χ0) is 17.8. The Hall–Kier alpha value is -3.41. The van der Waals surface area contributed by atoms with Crippen LogP contribution < -0.4 is 9.64 Å². The zero-order valence-electron chi connectivity index (χ0n) is 14.5. The molecule has 2 aromatic heterocycles. The first kappa shape index (κ1) is 16.1. The molecule has 0 spiro atoms. The van der Waals surface area contributed by atoms with Gasteiger partial charge in [0.25, 0.3) is 5.78 Å². The zero-order valence-corrected chi connectivity index (χ0v) is 14.5. The van der Waals surface area contributed by atoms with Crippen LogP contribution in [0.4, 0.5) is 5.82 Å². The maximum atomic E-state index is 5.80. The predicted octanol–water partition coefficient (Wildman–Crippen LogP) is 3.31. The van der Waals surface area contributed by atoms with E-state index in [0.29, 0.717) is 18.9 Å². The van der Waals surface area contributed by atoms with E-state index >= 15 is 0 Å². The molecule has 0 N–H and O–H groups in total. The highest BCUT2D eigenvalue weighted by Gasteiger charge is 2.12. The molecular formula is C20H19N5O. The Labute approximate surface area is 151 Å². The van der Waals surface area contributed by atoms with Crippen LogP contribution >= 0.6 is 0 Å². The molecule has 6 heteroatoms. The van der Waals surface area contributed by atoms with E-state index in [1.807, 2.05) is 73.8 Å². The van der Waals surface area contributed by atoms with Crippen LogP contribution in [0.1, 0.15) is 0 Å². The Balaban J connectivity index is 1.57. The number of ether oxygens (including phenoxy) is 1. The Morgan fingerprint density at radius 3 is 2.50 bits per heavy atom. The highest BCUT2D eigenvalue weighted by Crippen LogP contribution is 2.23. The average Bonchev–Trinajstić information content (AvgIpc) is 3.17. The van der Waals surface area contributed by atoms with Gasteiger partial charge in [0, 0.05) is 18.7 Å². The molecule has 0 radical (unpaired) electrons. The monoisotopic (exact) mass is 345 g/mol. The maximum absolute atomic E-state index is 5.80. The summed E-state index contributed by atoms with van der Waals surface area (Å²) < 4.78 is 7.55. The van der Waals surface area contributed by atoms with Gasteiger partial charge in [0.15, 0.2) is 0 Å². The van der Waals surface area contributed by atoms with E-state index in [-0.39, 0.29) is 0 Å². The minimum atomic E-state index is 0.569. The lowest BCUT2D eigenvalue weighted by Gasteiger charge is -2.20. The van der Waals surface area contributed by atoms with Crippen molar-refractivity contribution in [1.82, 2.24) is 19.6 Å². The van der Waals surface area contributed by atoms with Gasteiger partial charge in [-0.2, -0.15) is 14.6 Å². The van der Waals surface area contributed by atoms with Crippen molar-refractivity contribution in [3.05, 3.63) is 73.1 Å². The molecule has 2 aromatic carbocycles. The van der Waals surface area contributed by atoms with Crippen LogP contribution in [0.25, 0.3) is 17.0 Å². The molecule has 4 aromatic rings. The first-order valence-electron chi connectivity index (χ1n) is 8.46. The van der Waals surface area contributed by atoms with Gasteiger partial charge in [-0.25, -0.2) is 4.98 Å². The van der Waals surface area contributed by atoms with Gasteiger partial charge in [-0.1, -0.05) is 48.5 Å². The summed E-state index contributed by atoms with van der Waals surface area (Å²) in [6, 6.07) is 21.9. The Morgan fingerprint density at radius 1 is 1.00 bits per heavy atom. The van der Waals surface area contributed by atoms with Crippen molar-refractivity contribution >= 4 is 11.6 Å². The second kappa shape index (κ2) is 7.23. The average molecular weight is 345 g/mol. The quantitative estimate of drug-likeness (QED) is 0.537. The minimum Gasteiger partial charge on any atom is -0.492 e. The molecule has 0 unspecified atom stereocenters. The molecule has 130 valence electrons. The van der Waals surface area contributed by atoms with Crippen LogP contribution in [0.15, 0.2) is 73.1 Å². The van der Waals surface area contributed by atoms with Crippen LogP contribution in [0, 0.1) is 0 Å². The van der Waals surface area contributed by atoms with Crippen molar-refractivity contribution in [2.24, 2.45) is 0 Å². The number of benzene rings is 2. The van der Waals surface area contributed by atoms with Crippen LogP contribution in [0.2, 0.25) is 0 Å². The number of fused-ring (bicyclic) bond motifs is 1. The van der Waals surface area contributed by atoms with E-state index in [9.17, 15) is 0 Å². The van der Waals surface area contributed by atoms with Gasteiger partial charge in [-0.05, 0) is 12.1 Å². The standard InChI is InChI=1S/C20H19N5O/c1-24(12-13-26-17-10-6-3-7-11-17)19-14-18(16-8-4-2-5-9-16)23-20-21-15-22-25(19)20/h2-11,14-15H,12-13H2,1H3. The number of nitrogens with zero attached hydrogens (tertiary/aromatic N) is 5. The first-order valence-corrected chi connectivity index (χ1v) is 8.46. The van der Waals surface area contributed by atoms with Crippen molar-refractivity contribution in [1.29, 1.82) is 0 Å². The molecular weight excluding hydrogens is 326 g/mol. The summed E-state index contributed by atoms with van der Waals surface area (Å²) in [5, 5.41) is 4.30. The van der Waals surface area contributed by atoms with Crippen molar-refractivity contribution in [3.63, 3.8) is 0 Å². The van der Waals surface area contributed by atoms with Crippen LogP contribution in [0.3, 0.4) is 0 Å². The van der Waals surface area contributed by atoms with Gasteiger partial charge in [-0.3, -0.25) is 0 Å². The second-order valence-electron chi connectivity index (χ2n) is 5.92. The summed E-state index contributed by atoms with van der Waals surface area (Å²) in [5.41, 5.74) is 1.92. The lowest BCUT2D eigenvalue weighted by Crippen LogP contribution is -2.26. The second-order valence-corrected chi connectivity index (χ2v) is 5.92. The largest absolute Gasteiger partial charge is 0.492 e. The number of hydrogen-bond acceptors (Lipinski definition) is 5. The van der Waals surface area contributed by atoms with Crippen LogP contribution in [-0.4, -0.2) is 39.8 Å². The SMILES string of the molecule is CN(CCOc1ccccc1)c1cc(-c2ccccc2)nc2ncnn12. The van der Waals surface area contributed by atoms with E-state index < -0.39 is 0 Å². The molecule has 0 aliphatic heterocycles. The van der Waals surface area contributed by atoms with Crippen molar-refractivity contribution in [3.8, 4) is 17.0 Å². The fourth-order valence-electron chi connectivity index (χ4n) is 2.76. The summed E-state index contributed by atoms with van der Waals surface area (Å²) in [4.78, 5) is 11.0. The molecule has 4 rings (SSSR count). The highest BCUT2D eigenvalue weighted by atomic mass is 16.5. The van der Waals surface area contributed by atoms with E-state index in [1.165, 1.54) is 6.33 Å². The van der Waals surface area contributed by atoms with Gasteiger partial charge in [0.05, 0.1) is 12.2 Å². The van der Waals surface area contributed by atoms with Gasteiger partial charge in [-0.15, -0.1) is 0 Å². The summed E-state index contributed by atoms with van der Waals surface area (Å²) >= 11 is 0. The Morgan fingerprint density at radius 2 is 1.73 bits per heavy atom. The molecule has 0 atom stereocenters. The van der Waals surface area contributed by atoms with E-state index in [0.717, 1.165) is 22.8 Å². The Bertz CT molecular complexity index is 985. The predicted molar refractivity (Wildman–Crippen MR) is 101 cm³/mol. The summed E-state index contributed by atoms with van der Waals surface area (Å²) in [5.74, 6) is 2.37. The van der Waals surface area contributed by atoms with Crippen molar-refractivity contribution in [2.45, 2.75) is 0 Å². The lowest BCUT2D eigenvalue weighted by atomic mass is 10.1. The van der Waals surface area contributed by atoms with Gasteiger partial charge < -0.3 is 9.64 Å². The third-order valence-corrected chi connectivity index (χ3v) is 4.13. The summed E-state index contributed by atoms with van der Waals surface area (Å²) in [7, 11) is 2.01. The summed E-state index contributed by atoms with van der Waals surface area (Å²) in [6.45, 7) is 1.28. The van der Waals surface area contributed by atoms with E-state index in [4.69, 9.17) is 4.74 Å². The topological polar surface area (TPSA) is 55.5 Å². The fraction of sp³-hybridized carbons (Fsp3) is 0.150. The third kappa shape index (κ3) is 3.35.